The van der Waals surface area contributed by atoms with Gasteiger partial charge in [-0.25, -0.2) is 0 Å². The lowest BCUT2D eigenvalue weighted by atomic mass is 10.2. The van der Waals surface area contributed by atoms with E-state index < -0.39 is 0 Å². The van der Waals surface area contributed by atoms with Crippen molar-refractivity contribution in [3.05, 3.63) is 28.2 Å². The highest BCUT2D eigenvalue weighted by Crippen LogP contribution is 2.25. The second kappa shape index (κ2) is 6.64. The molecule has 0 radical (unpaired) electrons. The molecule has 0 saturated carbocycles. The van der Waals surface area contributed by atoms with Crippen LogP contribution in [0.25, 0.3) is 0 Å². The van der Waals surface area contributed by atoms with Crippen LogP contribution < -0.4 is 10.1 Å². The zero-order valence-corrected chi connectivity index (χ0v) is 12.0. The van der Waals surface area contributed by atoms with Crippen molar-refractivity contribution in [2.75, 3.05) is 6.61 Å². The molecule has 0 bridgehead atoms. The molecule has 1 atom stereocenters. The van der Waals surface area contributed by atoms with Gasteiger partial charge in [0.1, 0.15) is 5.75 Å². The summed E-state index contributed by atoms with van der Waals surface area (Å²) in [5.41, 5.74) is 1.15. The van der Waals surface area contributed by atoms with E-state index in [-0.39, 0.29) is 18.6 Å². The lowest BCUT2D eigenvalue weighted by Crippen LogP contribution is -2.35. The summed E-state index contributed by atoms with van der Waals surface area (Å²) in [5.74, 6) is 0.599. The van der Waals surface area contributed by atoms with Crippen LogP contribution in [-0.4, -0.2) is 18.6 Å². The first-order valence-corrected chi connectivity index (χ1v) is 6.50. The maximum Gasteiger partial charge on any atom is 0.258 e. The Morgan fingerprint density at radius 3 is 2.82 bits per heavy atom. The van der Waals surface area contributed by atoms with Gasteiger partial charge in [-0.15, -0.1) is 0 Å². The normalized spacial score (nSPS) is 12.0. The zero-order valence-electron chi connectivity index (χ0n) is 10.4. The molecule has 0 unspecified atom stereocenters. The summed E-state index contributed by atoms with van der Waals surface area (Å²) in [6, 6.07) is 5.96. The molecule has 0 fully saturated rings. The minimum Gasteiger partial charge on any atom is -0.483 e. The minimum atomic E-state index is -0.0909. The number of hydrogen-bond donors (Lipinski definition) is 1. The van der Waals surface area contributed by atoms with Crippen LogP contribution in [0, 0.1) is 6.92 Å². The number of hydrogen-bond acceptors (Lipinski definition) is 2. The van der Waals surface area contributed by atoms with Gasteiger partial charge in [-0.3, -0.25) is 4.79 Å². The molecule has 1 amide bonds. The first kappa shape index (κ1) is 14.0. The number of rotatable bonds is 5. The van der Waals surface area contributed by atoms with Crippen LogP contribution in [-0.2, 0) is 4.79 Å². The highest BCUT2D eigenvalue weighted by molar-refractivity contribution is 9.10. The predicted octanol–water partition coefficient (Wildman–Crippen LogP) is 3.05. The quantitative estimate of drug-likeness (QED) is 0.907. The molecular formula is C13H18BrNO2. The van der Waals surface area contributed by atoms with Gasteiger partial charge >= 0.3 is 0 Å². The summed E-state index contributed by atoms with van der Waals surface area (Å²) in [6.45, 7) is 6.05. The molecule has 0 spiro atoms. The Morgan fingerprint density at radius 1 is 1.53 bits per heavy atom. The molecule has 0 saturated heterocycles. The molecule has 94 valence electrons. The van der Waals surface area contributed by atoms with Gasteiger partial charge < -0.3 is 10.1 Å². The lowest BCUT2D eigenvalue weighted by molar-refractivity contribution is -0.123. The number of amides is 1. The van der Waals surface area contributed by atoms with Crippen molar-refractivity contribution in [3.63, 3.8) is 0 Å². The third-order valence-corrected chi connectivity index (χ3v) is 3.09. The molecule has 0 aromatic heterocycles. The smallest absolute Gasteiger partial charge is 0.258 e. The van der Waals surface area contributed by atoms with Gasteiger partial charge in [0.05, 0.1) is 4.47 Å². The number of ether oxygens (including phenoxy) is 1. The third kappa shape index (κ3) is 4.77. The largest absolute Gasteiger partial charge is 0.483 e. The van der Waals surface area contributed by atoms with Crippen LogP contribution in [0.15, 0.2) is 22.7 Å². The molecule has 1 aromatic rings. The number of halogens is 1. The van der Waals surface area contributed by atoms with Crippen molar-refractivity contribution in [2.24, 2.45) is 0 Å². The van der Waals surface area contributed by atoms with Crippen molar-refractivity contribution in [1.82, 2.24) is 5.32 Å². The van der Waals surface area contributed by atoms with Gasteiger partial charge in [-0.1, -0.05) is 13.0 Å². The molecular weight excluding hydrogens is 282 g/mol. The summed E-state index contributed by atoms with van der Waals surface area (Å²) in [4.78, 5) is 11.5. The number of carbonyl (C=O) groups excluding carboxylic acids is 1. The van der Waals surface area contributed by atoms with E-state index in [1.54, 1.807) is 0 Å². The SMILES string of the molecule is CC[C@H](C)NC(=O)COc1ccc(C)cc1Br. The molecule has 0 aliphatic rings. The van der Waals surface area contributed by atoms with E-state index in [0.717, 1.165) is 16.5 Å². The lowest BCUT2D eigenvalue weighted by Gasteiger charge is -2.12. The minimum absolute atomic E-state index is 0.0476. The number of benzene rings is 1. The second-order valence-corrected chi connectivity index (χ2v) is 4.95. The maximum absolute atomic E-state index is 11.5. The van der Waals surface area contributed by atoms with E-state index in [1.165, 1.54) is 0 Å². The standard InChI is InChI=1S/C13H18BrNO2/c1-4-10(3)15-13(16)8-17-12-6-5-9(2)7-11(12)14/h5-7,10H,4,8H2,1-3H3,(H,15,16)/t10-/m0/s1. The summed E-state index contributed by atoms with van der Waals surface area (Å²) in [6.07, 6.45) is 0.917. The first-order chi connectivity index (χ1) is 8.02. The number of nitrogens with one attached hydrogen (secondary N) is 1. The van der Waals surface area contributed by atoms with Crippen molar-refractivity contribution >= 4 is 21.8 Å². The first-order valence-electron chi connectivity index (χ1n) is 5.71. The highest BCUT2D eigenvalue weighted by Gasteiger charge is 2.07. The molecule has 0 aliphatic heterocycles. The Morgan fingerprint density at radius 2 is 2.24 bits per heavy atom. The molecule has 1 N–H and O–H groups in total. The van der Waals surface area contributed by atoms with Crippen molar-refractivity contribution < 1.29 is 9.53 Å². The molecule has 1 aromatic carbocycles. The fourth-order valence-electron chi connectivity index (χ4n) is 1.28. The third-order valence-electron chi connectivity index (χ3n) is 2.47. The van der Waals surface area contributed by atoms with E-state index >= 15 is 0 Å². The van der Waals surface area contributed by atoms with Crippen LogP contribution in [0.5, 0.6) is 5.75 Å². The molecule has 0 aliphatic carbocycles. The van der Waals surface area contributed by atoms with Crippen LogP contribution >= 0.6 is 15.9 Å². The monoisotopic (exact) mass is 299 g/mol. The summed E-state index contributed by atoms with van der Waals surface area (Å²) in [7, 11) is 0. The van der Waals surface area contributed by atoms with Crippen LogP contribution in [0.4, 0.5) is 0 Å². The van der Waals surface area contributed by atoms with Crippen LogP contribution in [0.1, 0.15) is 25.8 Å². The van der Waals surface area contributed by atoms with Crippen LogP contribution in [0.3, 0.4) is 0 Å². The summed E-state index contributed by atoms with van der Waals surface area (Å²) >= 11 is 3.41. The Hall–Kier alpha value is -1.03. The van der Waals surface area contributed by atoms with Crippen molar-refractivity contribution in [2.45, 2.75) is 33.2 Å². The summed E-state index contributed by atoms with van der Waals surface area (Å²) < 4.78 is 6.31. The Labute approximate surface area is 111 Å². The average molecular weight is 300 g/mol. The molecule has 0 heterocycles. The Balaban J connectivity index is 2.47. The van der Waals surface area contributed by atoms with E-state index in [0.29, 0.717) is 5.75 Å². The van der Waals surface area contributed by atoms with Gasteiger partial charge in [0.15, 0.2) is 6.61 Å². The number of aryl methyl sites for hydroxylation is 1. The van der Waals surface area contributed by atoms with Gasteiger partial charge in [0, 0.05) is 6.04 Å². The fraction of sp³-hybridized carbons (Fsp3) is 0.462. The molecule has 4 heteroatoms. The van der Waals surface area contributed by atoms with Crippen molar-refractivity contribution in [3.8, 4) is 5.75 Å². The van der Waals surface area contributed by atoms with E-state index in [1.807, 2.05) is 39.0 Å². The molecule has 1 rings (SSSR count). The average Bonchev–Trinajstić information content (AvgIpc) is 2.27. The predicted molar refractivity (Wildman–Crippen MR) is 72.3 cm³/mol. The van der Waals surface area contributed by atoms with E-state index in [2.05, 4.69) is 21.2 Å². The van der Waals surface area contributed by atoms with Crippen LogP contribution in [0.2, 0.25) is 0 Å². The van der Waals surface area contributed by atoms with Crippen molar-refractivity contribution in [1.29, 1.82) is 0 Å². The Kier molecular flexibility index (Phi) is 5.48. The zero-order chi connectivity index (χ0) is 12.8. The van der Waals surface area contributed by atoms with Gasteiger partial charge in [-0.05, 0) is 53.9 Å². The molecule has 3 nitrogen and oxygen atoms in total. The second-order valence-electron chi connectivity index (χ2n) is 4.10. The Bertz CT molecular complexity index is 393. The fourth-order valence-corrected chi connectivity index (χ4v) is 1.89. The van der Waals surface area contributed by atoms with E-state index in [4.69, 9.17) is 4.74 Å². The van der Waals surface area contributed by atoms with Gasteiger partial charge in [0.2, 0.25) is 0 Å². The maximum atomic E-state index is 11.5. The van der Waals surface area contributed by atoms with E-state index in [9.17, 15) is 4.79 Å². The van der Waals surface area contributed by atoms with Gasteiger partial charge in [-0.2, -0.15) is 0 Å². The highest BCUT2D eigenvalue weighted by atomic mass is 79.9. The number of carbonyl (C=O) groups is 1. The van der Waals surface area contributed by atoms with Gasteiger partial charge in [0.25, 0.3) is 5.91 Å². The molecule has 17 heavy (non-hydrogen) atoms. The topological polar surface area (TPSA) is 38.3 Å². The summed E-state index contributed by atoms with van der Waals surface area (Å²) in [5, 5.41) is 2.85.